The highest BCUT2D eigenvalue weighted by atomic mass is 16.3. The van der Waals surface area contributed by atoms with E-state index in [-0.39, 0.29) is 0 Å². The predicted octanol–water partition coefficient (Wildman–Crippen LogP) is 12.4. The van der Waals surface area contributed by atoms with Gasteiger partial charge in [0.05, 0.1) is 0 Å². The molecular formula is C47H27N3O. The summed E-state index contributed by atoms with van der Waals surface area (Å²) in [6.45, 7) is 0. The lowest BCUT2D eigenvalue weighted by molar-refractivity contribution is 0.669. The molecule has 0 radical (unpaired) electrons. The van der Waals surface area contributed by atoms with Gasteiger partial charge in [-0.15, -0.1) is 0 Å². The molecule has 0 saturated heterocycles. The van der Waals surface area contributed by atoms with Gasteiger partial charge in [0, 0.05) is 27.5 Å². The molecule has 0 fully saturated rings. The fourth-order valence-corrected chi connectivity index (χ4v) is 7.99. The Balaban J connectivity index is 1.13. The van der Waals surface area contributed by atoms with Gasteiger partial charge in [-0.25, -0.2) is 15.0 Å². The molecule has 1 aliphatic rings. The van der Waals surface area contributed by atoms with Crippen LogP contribution in [0.15, 0.2) is 168 Å². The number of benzene rings is 8. The second-order valence-corrected chi connectivity index (χ2v) is 13.1. The lowest BCUT2D eigenvalue weighted by Gasteiger charge is -2.14. The van der Waals surface area contributed by atoms with Crippen LogP contribution in [0.25, 0.3) is 111 Å². The van der Waals surface area contributed by atoms with E-state index in [2.05, 4.69) is 103 Å². The van der Waals surface area contributed by atoms with Gasteiger partial charge in [-0.05, 0) is 79.2 Å². The molecule has 236 valence electrons. The summed E-state index contributed by atoms with van der Waals surface area (Å²) < 4.78 is 6.62. The van der Waals surface area contributed by atoms with E-state index in [0.717, 1.165) is 60.5 Å². The number of aromatic nitrogens is 3. The van der Waals surface area contributed by atoms with Gasteiger partial charge in [-0.1, -0.05) is 140 Å². The molecule has 4 nitrogen and oxygen atoms in total. The van der Waals surface area contributed by atoms with Crippen molar-refractivity contribution in [2.45, 2.75) is 0 Å². The molecule has 0 aliphatic heterocycles. The molecule has 10 aromatic rings. The third kappa shape index (κ3) is 4.23. The lowest BCUT2D eigenvalue weighted by Crippen LogP contribution is -2.00. The normalized spacial score (nSPS) is 11.9. The third-order valence-corrected chi connectivity index (χ3v) is 10.3. The first kappa shape index (κ1) is 28.0. The highest BCUT2D eigenvalue weighted by Crippen LogP contribution is 2.50. The minimum absolute atomic E-state index is 0.640. The molecule has 0 unspecified atom stereocenters. The first-order valence-electron chi connectivity index (χ1n) is 17.2. The van der Waals surface area contributed by atoms with E-state index in [1.165, 1.54) is 33.0 Å². The summed E-state index contributed by atoms with van der Waals surface area (Å²) in [6, 6.07) is 57.3. The van der Waals surface area contributed by atoms with Gasteiger partial charge in [-0.2, -0.15) is 0 Å². The first-order chi connectivity index (χ1) is 25.3. The van der Waals surface area contributed by atoms with Crippen LogP contribution in [0.1, 0.15) is 0 Å². The Morgan fingerprint density at radius 1 is 0.314 bits per heavy atom. The fourth-order valence-electron chi connectivity index (χ4n) is 7.99. The van der Waals surface area contributed by atoms with Crippen LogP contribution in [-0.4, -0.2) is 15.0 Å². The zero-order chi connectivity index (χ0) is 33.5. The number of rotatable bonds is 4. The van der Waals surface area contributed by atoms with Crippen molar-refractivity contribution in [2.24, 2.45) is 0 Å². The highest BCUT2D eigenvalue weighted by molar-refractivity contribution is 6.22. The summed E-state index contributed by atoms with van der Waals surface area (Å²) in [4.78, 5) is 15.0. The molecule has 8 aromatic carbocycles. The number of hydrogen-bond acceptors (Lipinski definition) is 4. The Kier molecular flexibility index (Phi) is 5.92. The first-order valence-corrected chi connectivity index (χ1v) is 17.2. The van der Waals surface area contributed by atoms with Crippen LogP contribution < -0.4 is 0 Å². The highest BCUT2D eigenvalue weighted by Gasteiger charge is 2.25. The molecule has 0 saturated carbocycles. The smallest absolute Gasteiger partial charge is 0.164 e. The van der Waals surface area contributed by atoms with E-state index in [9.17, 15) is 0 Å². The van der Waals surface area contributed by atoms with E-state index in [4.69, 9.17) is 19.4 Å². The van der Waals surface area contributed by atoms with Crippen molar-refractivity contribution in [2.75, 3.05) is 0 Å². The van der Waals surface area contributed by atoms with E-state index in [1.54, 1.807) is 0 Å². The van der Waals surface area contributed by atoms with Crippen LogP contribution >= 0.6 is 0 Å². The van der Waals surface area contributed by atoms with E-state index < -0.39 is 0 Å². The van der Waals surface area contributed by atoms with Crippen LogP contribution in [0.2, 0.25) is 0 Å². The SMILES string of the molecule is c1ccc(-c2nc(-c3ccccc3)nc(-c3ccc(-c4cccc5oc6cc7c(cc6c45)-c4cccc5cccc-7c45)c4ccccc34)n2)cc1. The summed E-state index contributed by atoms with van der Waals surface area (Å²) in [5, 5.41) is 7.02. The monoisotopic (exact) mass is 649 g/mol. The average molecular weight is 650 g/mol. The second-order valence-electron chi connectivity index (χ2n) is 13.1. The predicted molar refractivity (Wildman–Crippen MR) is 208 cm³/mol. The Morgan fingerprint density at radius 3 is 1.51 bits per heavy atom. The Labute approximate surface area is 293 Å². The van der Waals surface area contributed by atoms with Gasteiger partial charge in [0.2, 0.25) is 0 Å². The molecule has 11 rings (SSSR count). The van der Waals surface area contributed by atoms with Crippen LogP contribution in [0.3, 0.4) is 0 Å². The molecule has 1 aliphatic carbocycles. The van der Waals surface area contributed by atoms with Crippen LogP contribution in [-0.2, 0) is 0 Å². The Hall–Kier alpha value is -6.91. The maximum Gasteiger partial charge on any atom is 0.164 e. The van der Waals surface area contributed by atoms with Crippen molar-refractivity contribution >= 4 is 43.5 Å². The van der Waals surface area contributed by atoms with Crippen LogP contribution in [0.4, 0.5) is 0 Å². The third-order valence-electron chi connectivity index (χ3n) is 10.3. The zero-order valence-electron chi connectivity index (χ0n) is 27.3. The van der Waals surface area contributed by atoms with Gasteiger partial charge in [0.25, 0.3) is 0 Å². The van der Waals surface area contributed by atoms with Crippen LogP contribution in [0.5, 0.6) is 0 Å². The van der Waals surface area contributed by atoms with Gasteiger partial charge < -0.3 is 4.42 Å². The van der Waals surface area contributed by atoms with E-state index in [1.807, 2.05) is 60.7 Å². The minimum atomic E-state index is 0.640. The average Bonchev–Trinajstić information content (AvgIpc) is 3.73. The molecule has 0 spiro atoms. The van der Waals surface area contributed by atoms with Crippen LogP contribution in [0, 0.1) is 0 Å². The van der Waals surface area contributed by atoms with Gasteiger partial charge in [0.15, 0.2) is 17.5 Å². The number of fused-ring (bicyclic) bond motifs is 7. The molecule has 2 aromatic heterocycles. The van der Waals surface area contributed by atoms with Crippen molar-refractivity contribution in [1.82, 2.24) is 15.0 Å². The molecule has 0 bridgehead atoms. The van der Waals surface area contributed by atoms with Crippen molar-refractivity contribution < 1.29 is 4.42 Å². The standard InChI is InChI=1S/C47H27N3O/c1-3-12-29(13-4-1)45-48-46(30-14-5-2-6-15-30)50-47(49-45)37-25-24-33(31-18-7-8-19-32(31)37)34-22-11-23-41-44(34)40-26-38-35-20-9-16-28-17-10-21-36(43(28)35)39(38)27-42(40)51-41/h1-27H. The molecular weight excluding hydrogens is 623 g/mol. The Bertz CT molecular complexity index is 2960. The van der Waals surface area contributed by atoms with Gasteiger partial charge >= 0.3 is 0 Å². The lowest BCUT2D eigenvalue weighted by atomic mass is 9.91. The quantitative estimate of drug-likeness (QED) is 0.190. The summed E-state index contributed by atoms with van der Waals surface area (Å²) in [7, 11) is 0. The molecule has 51 heavy (non-hydrogen) atoms. The summed E-state index contributed by atoms with van der Waals surface area (Å²) >= 11 is 0. The molecule has 0 amide bonds. The Morgan fingerprint density at radius 2 is 0.843 bits per heavy atom. The van der Waals surface area contributed by atoms with Crippen molar-refractivity contribution in [3.05, 3.63) is 164 Å². The molecule has 4 heteroatoms. The maximum atomic E-state index is 6.62. The molecule has 0 atom stereocenters. The van der Waals surface area contributed by atoms with E-state index in [0.29, 0.717) is 17.5 Å². The maximum absolute atomic E-state index is 6.62. The van der Waals surface area contributed by atoms with E-state index >= 15 is 0 Å². The zero-order valence-corrected chi connectivity index (χ0v) is 27.3. The number of furan rings is 1. The van der Waals surface area contributed by atoms with Crippen molar-refractivity contribution in [3.8, 4) is 67.5 Å². The van der Waals surface area contributed by atoms with Crippen molar-refractivity contribution in [1.29, 1.82) is 0 Å². The van der Waals surface area contributed by atoms with Gasteiger partial charge in [0.1, 0.15) is 11.2 Å². The topological polar surface area (TPSA) is 51.8 Å². The number of nitrogens with zero attached hydrogens (tertiary/aromatic N) is 3. The largest absolute Gasteiger partial charge is 0.456 e. The summed E-state index contributed by atoms with van der Waals surface area (Å²) in [6.07, 6.45) is 0. The second kappa shape index (κ2) is 10.8. The fraction of sp³-hybridized carbons (Fsp3) is 0. The summed E-state index contributed by atoms with van der Waals surface area (Å²) in [5.74, 6) is 1.93. The molecule has 2 heterocycles. The molecule has 0 N–H and O–H groups in total. The van der Waals surface area contributed by atoms with Gasteiger partial charge in [-0.3, -0.25) is 0 Å². The minimum Gasteiger partial charge on any atom is -0.456 e. The van der Waals surface area contributed by atoms with Crippen molar-refractivity contribution in [3.63, 3.8) is 0 Å². The number of hydrogen-bond donors (Lipinski definition) is 0. The summed E-state index contributed by atoms with van der Waals surface area (Å²) in [5.41, 5.74) is 11.9.